The van der Waals surface area contributed by atoms with Gasteiger partial charge in [0.15, 0.2) is 0 Å². The minimum absolute atomic E-state index is 0.131. The molecule has 2 saturated carbocycles. The van der Waals surface area contributed by atoms with Crippen molar-refractivity contribution in [2.45, 2.75) is 101 Å². The third kappa shape index (κ3) is 6.31. The number of carbonyl (C=O) groups excluding carboxylic acids is 2. The molecule has 0 saturated heterocycles. The zero-order valence-corrected chi connectivity index (χ0v) is 18.2. The first-order chi connectivity index (χ1) is 14.7. The molecular formula is C25H38N2O3. The van der Waals surface area contributed by atoms with E-state index in [2.05, 4.69) is 10.6 Å². The number of benzene rings is 1. The molecule has 0 radical (unpaired) electrons. The summed E-state index contributed by atoms with van der Waals surface area (Å²) in [6, 6.07) is 8.97. The molecule has 2 aliphatic carbocycles. The van der Waals surface area contributed by atoms with Gasteiger partial charge in [-0.3, -0.25) is 9.59 Å². The van der Waals surface area contributed by atoms with E-state index in [0.29, 0.717) is 0 Å². The van der Waals surface area contributed by atoms with E-state index >= 15 is 0 Å². The van der Waals surface area contributed by atoms with Crippen LogP contribution in [0.3, 0.4) is 0 Å². The van der Waals surface area contributed by atoms with Crippen LogP contribution in [0.5, 0.6) is 0 Å². The van der Waals surface area contributed by atoms with Gasteiger partial charge in [-0.25, -0.2) is 0 Å². The van der Waals surface area contributed by atoms with E-state index in [1.807, 2.05) is 30.3 Å². The van der Waals surface area contributed by atoms with E-state index < -0.39 is 11.5 Å². The molecule has 2 fully saturated rings. The number of carbonyl (C=O) groups is 2. The molecule has 5 nitrogen and oxygen atoms in total. The maximum Gasteiger partial charge on any atom is 0.245 e. The Kier molecular flexibility index (Phi) is 8.74. The molecular weight excluding hydrogens is 376 g/mol. The molecule has 30 heavy (non-hydrogen) atoms. The summed E-state index contributed by atoms with van der Waals surface area (Å²) < 4.78 is 0. The number of hydrogen-bond acceptors (Lipinski definition) is 3. The number of hydrogen-bond donors (Lipinski definition) is 3. The maximum absolute atomic E-state index is 12.9. The van der Waals surface area contributed by atoms with Gasteiger partial charge in [-0.1, -0.05) is 88.1 Å². The second kappa shape index (κ2) is 11.5. The number of amides is 2. The average molecular weight is 415 g/mol. The van der Waals surface area contributed by atoms with Crippen LogP contribution in [-0.2, 0) is 15.0 Å². The number of nitrogens with one attached hydrogen (secondary N) is 2. The Labute approximate surface area is 181 Å². The monoisotopic (exact) mass is 414 g/mol. The van der Waals surface area contributed by atoms with E-state index in [1.54, 1.807) is 0 Å². The smallest absolute Gasteiger partial charge is 0.245 e. The Morgan fingerprint density at radius 2 is 1.43 bits per heavy atom. The molecule has 2 amide bonds. The molecule has 5 heteroatoms. The molecule has 0 aliphatic heterocycles. The van der Waals surface area contributed by atoms with Crippen molar-refractivity contribution in [1.82, 2.24) is 10.6 Å². The molecule has 1 atom stereocenters. The van der Waals surface area contributed by atoms with Crippen LogP contribution in [0.1, 0.15) is 89.0 Å². The second-order valence-corrected chi connectivity index (χ2v) is 9.12. The molecule has 0 heterocycles. The fraction of sp³-hybridized carbons (Fsp3) is 0.680. The first-order valence-corrected chi connectivity index (χ1v) is 11.9. The summed E-state index contributed by atoms with van der Waals surface area (Å²) in [6.45, 7) is -0.380. The highest BCUT2D eigenvalue weighted by Gasteiger charge is 2.51. The van der Waals surface area contributed by atoms with Crippen molar-refractivity contribution in [3.8, 4) is 0 Å². The average Bonchev–Trinajstić information content (AvgIpc) is 3.56. The molecule has 166 valence electrons. The van der Waals surface area contributed by atoms with Crippen molar-refractivity contribution in [2.24, 2.45) is 0 Å². The van der Waals surface area contributed by atoms with Crippen LogP contribution in [0.4, 0.5) is 0 Å². The van der Waals surface area contributed by atoms with Gasteiger partial charge in [-0.2, -0.15) is 0 Å². The van der Waals surface area contributed by atoms with Gasteiger partial charge in [0.1, 0.15) is 6.04 Å². The first-order valence-electron chi connectivity index (χ1n) is 11.9. The molecule has 0 bridgehead atoms. The van der Waals surface area contributed by atoms with Crippen LogP contribution >= 0.6 is 0 Å². The van der Waals surface area contributed by atoms with E-state index in [4.69, 9.17) is 0 Å². The SMILES string of the molecule is O=C(NC1CCCCCCCCCCC1)[C@H](CO)NC(=O)C1(c2ccccc2)CC1. The minimum Gasteiger partial charge on any atom is -0.394 e. The van der Waals surface area contributed by atoms with Gasteiger partial charge in [-0.05, 0) is 31.2 Å². The van der Waals surface area contributed by atoms with Crippen molar-refractivity contribution in [3.05, 3.63) is 35.9 Å². The van der Waals surface area contributed by atoms with Crippen molar-refractivity contribution >= 4 is 11.8 Å². The molecule has 3 rings (SSSR count). The van der Waals surface area contributed by atoms with Gasteiger partial charge in [0.2, 0.25) is 11.8 Å². The minimum atomic E-state index is -0.889. The standard InChI is InChI=1S/C25H38N2O3/c28-19-22(27-24(30)25(17-18-25)20-13-9-8-10-14-20)23(29)26-21-15-11-6-4-2-1-3-5-7-12-16-21/h8-10,13-14,21-22,28H,1-7,11-12,15-19H2,(H,26,29)(H,27,30)/t22-/m0/s1. The van der Waals surface area contributed by atoms with E-state index in [1.165, 1.54) is 44.9 Å². The van der Waals surface area contributed by atoms with Gasteiger partial charge in [0.05, 0.1) is 12.0 Å². The quantitative estimate of drug-likeness (QED) is 0.659. The fourth-order valence-electron chi connectivity index (χ4n) is 4.63. The Hall–Kier alpha value is -1.88. The maximum atomic E-state index is 12.9. The highest BCUT2D eigenvalue weighted by molar-refractivity contribution is 5.95. The van der Waals surface area contributed by atoms with Crippen molar-refractivity contribution in [3.63, 3.8) is 0 Å². The second-order valence-electron chi connectivity index (χ2n) is 9.12. The number of aliphatic hydroxyl groups excluding tert-OH is 1. The zero-order valence-electron chi connectivity index (χ0n) is 18.2. The molecule has 1 aromatic rings. The lowest BCUT2D eigenvalue weighted by atomic mass is 9.94. The summed E-state index contributed by atoms with van der Waals surface area (Å²) in [7, 11) is 0. The van der Waals surface area contributed by atoms with Crippen molar-refractivity contribution in [1.29, 1.82) is 0 Å². The van der Waals surface area contributed by atoms with E-state index in [0.717, 1.165) is 44.1 Å². The summed E-state index contributed by atoms with van der Waals surface area (Å²) in [5.74, 6) is -0.409. The van der Waals surface area contributed by atoms with Gasteiger partial charge in [0, 0.05) is 6.04 Å². The summed E-state index contributed by atoms with van der Waals surface area (Å²) >= 11 is 0. The highest BCUT2D eigenvalue weighted by atomic mass is 16.3. The topological polar surface area (TPSA) is 78.4 Å². The van der Waals surface area contributed by atoms with Crippen LogP contribution in [0.15, 0.2) is 30.3 Å². The molecule has 0 spiro atoms. The van der Waals surface area contributed by atoms with Gasteiger partial charge in [-0.15, -0.1) is 0 Å². The third-order valence-corrected chi connectivity index (χ3v) is 6.77. The molecule has 3 N–H and O–H groups in total. The predicted octanol–water partition coefficient (Wildman–Crippen LogP) is 3.98. The molecule has 1 aromatic carbocycles. The zero-order chi connectivity index (χ0) is 21.2. The summed E-state index contributed by atoms with van der Waals surface area (Å²) in [6.07, 6.45) is 14.7. The summed E-state index contributed by atoms with van der Waals surface area (Å²) in [5, 5.41) is 15.8. The van der Waals surface area contributed by atoms with Crippen molar-refractivity contribution < 1.29 is 14.7 Å². The Bertz CT molecular complexity index is 660. The van der Waals surface area contributed by atoms with Crippen LogP contribution in [0, 0.1) is 0 Å². The van der Waals surface area contributed by atoms with E-state index in [9.17, 15) is 14.7 Å². The van der Waals surface area contributed by atoms with Crippen LogP contribution in [-0.4, -0.2) is 35.6 Å². The highest BCUT2D eigenvalue weighted by Crippen LogP contribution is 2.48. The van der Waals surface area contributed by atoms with E-state index in [-0.39, 0.29) is 24.5 Å². The Morgan fingerprint density at radius 1 is 0.900 bits per heavy atom. The van der Waals surface area contributed by atoms with Crippen LogP contribution in [0.2, 0.25) is 0 Å². The Morgan fingerprint density at radius 3 is 1.93 bits per heavy atom. The van der Waals surface area contributed by atoms with Crippen LogP contribution < -0.4 is 10.6 Å². The first kappa shape index (κ1) is 22.8. The lowest BCUT2D eigenvalue weighted by Crippen LogP contribution is -2.53. The summed E-state index contributed by atoms with van der Waals surface area (Å²) in [4.78, 5) is 25.8. The lowest BCUT2D eigenvalue weighted by molar-refractivity contribution is -0.131. The Balaban J connectivity index is 1.54. The summed E-state index contributed by atoms with van der Waals surface area (Å²) in [5.41, 5.74) is 0.446. The van der Waals surface area contributed by atoms with Crippen molar-refractivity contribution in [2.75, 3.05) is 6.61 Å². The predicted molar refractivity (Wildman–Crippen MR) is 119 cm³/mol. The third-order valence-electron chi connectivity index (χ3n) is 6.77. The fourth-order valence-corrected chi connectivity index (χ4v) is 4.63. The normalized spacial score (nSPS) is 21.5. The molecule has 2 aliphatic rings. The van der Waals surface area contributed by atoms with Gasteiger partial charge < -0.3 is 15.7 Å². The van der Waals surface area contributed by atoms with Crippen LogP contribution in [0.25, 0.3) is 0 Å². The number of rotatable bonds is 6. The lowest BCUT2D eigenvalue weighted by Gasteiger charge is -2.25. The van der Waals surface area contributed by atoms with Gasteiger partial charge in [0.25, 0.3) is 0 Å². The van der Waals surface area contributed by atoms with Gasteiger partial charge >= 0.3 is 0 Å². The molecule has 0 aromatic heterocycles. The number of aliphatic hydroxyl groups is 1. The largest absolute Gasteiger partial charge is 0.394 e. The molecule has 0 unspecified atom stereocenters.